The molecular weight excluding hydrogens is 364 g/mol. The Labute approximate surface area is 168 Å². The predicted molar refractivity (Wildman–Crippen MR) is 113 cm³/mol. The van der Waals surface area contributed by atoms with Gasteiger partial charge in [0.05, 0.1) is 17.3 Å². The van der Waals surface area contributed by atoms with Crippen molar-refractivity contribution in [2.45, 2.75) is 6.92 Å². The summed E-state index contributed by atoms with van der Waals surface area (Å²) in [6.07, 6.45) is 3.50. The van der Waals surface area contributed by atoms with Gasteiger partial charge in [-0.3, -0.25) is 4.68 Å². The molecule has 0 radical (unpaired) electrons. The van der Waals surface area contributed by atoms with E-state index in [0.29, 0.717) is 0 Å². The number of hydrogen-bond acceptors (Lipinski definition) is 7. The van der Waals surface area contributed by atoms with Gasteiger partial charge >= 0.3 is 0 Å². The third kappa shape index (κ3) is 3.26. The fraction of sp³-hybridized carbons (Fsp3) is 0.286. The lowest BCUT2D eigenvalue weighted by atomic mass is 10.1. The molecule has 1 aromatic carbocycles. The van der Waals surface area contributed by atoms with Crippen LogP contribution in [0.1, 0.15) is 5.82 Å². The quantitative estimate of drug-likeness (QED) is 0.535. The first kappa shape index (κ1) is 17.5. The monoisotopic (exact) mass is 386 g/mol. The molecule has 146 valence electrons. The second-order valence-corrected chi connectivity index (χ2v) is 7.20. The van der Waals surface area contributed by atoms with Crippen LogP contribution in [0.15, 0.2) is 48.9 Å². The minimum Gasteiger partial charge on any atom is -0.353 e. The molecule has 0 bridgehead atoms. The first-order chi connectivity index (χ1) is 14.2. The maximum atomic E-state index is 4.71. The number of hydrogen-bond donors (Lipinski definition) is 0. The fourth-order valence-electron chi connectivity index (χ4n) is 3.79. The second kappa shape index (κ2) is 7.12. The molecule has 0 amide bonds. The summed E-state index contributed by atoms with van der Waals surface area (Å²) in [6, 6.07) is 12.3. The molecule has 4 aromatic rings. The maximum Gasteiger partial charge on any atom is 0.163 e. The van der Waals surface area contributed by atoms with E-state index in [1.165, 1.54) is 0 Å². The van der Waals surface area contributed by atoms with E-state index in [9.17, 15) is 0 Å². The third-order valence-corrected chi connectivity index (χ3v) is 5.31. The largest absolute Gasteiger partial charge is 0.353 e. The molecule has 8 heteroatoms. The van der Waals surface area contributed by atoms with E-state index >= 15 is 0 Å². The number of aromatic nitrogens is 6. The van der Waals surface area contributed by atoms with Crippen LogP contribution in [0.5, 0.6) is 0 Å². The Morgan fingerprint density at radius 3 is 2.45 bits per heavy atom. The van der Waals surface area contributed by atoms with E-state index in [1.54, 1.807) is 11.0 Å². The van der Waals surface area contributed by atoms with E-state index < -0.39 is 0 Å². The number of nitrogens with zero attached hydrogens (tertiary/aromatic N) is 8. The van der Waals surface area contributed by atoms with Crippen molar-refractivity contribution in [1.82, 2.24) is 29.7 Å². The summed E-state index contributed by atoms with van der Waals surface area (Å²) >= 11 is 0. The van der Waals surface area contributed by atoms with Gasteiger partial charge in [-0.05, 0) is 6.92 Å². The summed E-state index contributed by atoms with van der Waals surface area (Å²) in [5.74, 6) is 2.69. The molecular formula is C21H22N8. The molecule has 1 saturated heterocycles. The molecule has 0 unspecified atom stereocenters. The molecule has 4 heterocycles. The lowest BCUT2D eigenvalue weighted by Crippen LogP contribution is -2.47. The predicted octanol–water partition coefficient (Wildman–Crippen LogP) is 2.46. The molecule has 1 aliphatic heterocycles. The summed E-state index contributed by atoms with van der Waals surface area (Å²) in [5.41, 5.74) is 2.92. The lowest BCUT2D eigenvalue weighted by molar-refractivity contribution is 0.641. The first-order valence-electron chi connectivity index (χ1n) is 9.73. The highest BCUT2D eigenvalue weighted by atomic mass is 15.3. The Morgan fingerprint density at radius 1 is 0.897 bits per heavy atom. The number of piperazine rings is 1. The smallest absolute Gasteiger partial charge is 0.163 e. The number of anilines is 2. The zero-order chi connectivity index (χ0) is 19.8. The van der Waals surface area contributed by atoms with Crippen molar-refractivity contribution >= 4 is 22.7 Å². The van der Waals surface area contributed by atoms with E-state index in [0.717, 1.165) is 65.9 Å². The molecule has 3 aromatic heterocycles. The highest BCUT2D eigenvalue weighted by molar-refractivity contribution is 5.87. The zero-order valence-corrected chi connectivity index (χ0v) is 16.5. The third-order valence-electron chi connectivity index (χ3n) is 5.31. The maximum absolute atomic E-state index is 4.71. The van der Waals surface area contributed by atoms with E-state index in [4.69, 9.17) is 4.98 Å². The van der Waals surface area contributed by atoms with Crippen molar-refractivity contribution in [1.29, 1.82) is 0 Å². The van der Waals surface area contributed by atoms with Crippen LogP contribution in [0.2, 0.25) is 0 Å². The van der Waals surface area contributed by atoms with Gasteiger partial charge in [0.25, 0.3) is 0 Å². The molecule has 8 nitrogen and oxygen atoms in total. The topological polar surface area (TPSA) is 75.9 Å². The lowest BCUT2D eigenvalue weighted by Gasteiger charge is -2.36. The van der Waals surface area contributed by atoms with Gasteiger partial charge in [-0.1, -0.05) is 30.3 Å². The summed E-state index contributed by atoms with van der Waals surface area (Å²) in [5, 5.41) is 5.35. The number of aryl methyl sites for hydroxylation is 2. The van der Waals surface area contributed by atoms with Crippen LogP contribution < -0.4 is 9.80 Å². The molecule has 0 spiro atoms. The first-order valence-corrected chi connectivity index (χ1v) is 9.73. The van der Waals surface area contributed by atoms with Crippen LogP contribution >= 0.6 is 0 Å². The summed E-state index contributed by atoms with van der Waals surface area (Å²) in [7, 11) is 1.91. The van der Waals surface area contributed by atoms with Crippen molar-refractivity contribution in [2.75, 3.05) is 36.0 Å². The molecule has 0 saturated carbocycles. The Bertz CT molecular complexity index is 1150. The van der Waals surface area contributed by atoms with Crippen molar-refractivity contribution in [3.63, 3.8) is 0 Å². The number of benzene rings is 1. The van der Waals surface area contributed by atoms with Crippen LogP contribution in [-0.4, -0.2) is 55.9 Å². The van der Waals surface area contributed by atoms with Gasteiger partial charge in [0.1, 0.15) is 23.8 Å². The Hall–Kier alpha value is -3.55. The average Bonchev–Trinajstić information content (AvgIpc) is 3.14. The van der Waals surface area contributed by atoms with Crippen molar-refractivity contribution in [2.24, 2.45) is 7.05 Å². The zero-order valence-electron chi connectivity index (χ0n) is 16.5. The summed E-state index contributed by atoms with van der Waals surface area (Å²) in [6.45, 7) is 5.40. The highest BCUT2D eigenvalue weighted by Crippen LogP contribution is 2.26. The van der Waals surface area contributed by atoms with Crippen LogP contribution in [0, 0.1) is 6.92 Å². The van der Waals surface area contributed by atoms with Crippen LogP contribution in [0.25, 0.3) is 22.3 Å². The second-order valence-electron chi connectivity index (χ2n) is 7.20. The van der Waals surface area contributed by atoms with Crippen LogP contribution in [0.4, 0.5) is 11.6 Å². The van der Waals surface area contributed by atoms with E-state index in [2.05, 4.69) is 48.0 Å². The number of fused-ring (bicyclic) bond motifs is 1. The van der Waals surface area contributed by atoms with Gasteiger partial charge in [0.15, 0.2) is 5.65 Å². The van der Waals surface area contributed by atoms with Gasteiger partial charge in [-0.25, -0.2) is 19.9 Å². The SMILES string of the molecule is Cc1nc(N2CCN(c3cc(-c4ccccc4)ncn3)CC2)c2cnn(C)c2n1. The molecule has 0 N–H and O–H groups in total. The minimum atomic E-state index is 0.766. The molecule has 0 aliphatic carbocycles. The van der Waals surface area contributed by atoms with Crippen molar-refractivity contribution in [3.8, 4) is 11.3 Å². The Kier molecular flexibility index (Phi) is 4.31. The summed E-state index contributed by atoms with van der Waals surface area (Å²) in [4.78, 5) is 22.8. The normalized spacial score (nSPS) is 14.6. The Morgan fingerprint density at radius 2 is 1.66 bits per heavy atom. The van der Waals surface area contributed by atoms with Gasteiger partial charge in [0.2, 0.25) is 0 Å². The molecule has 1 aliphatic rings. The van der Waals surface area contributed by atoms with Crippen LogP contribution in [-0.2, 0) is 7.05 Å². The van der Waals surface area contributed by atoms with Crippen LogP contribution in [0.3, 0.4) is 0 Å². The van der Waals surface area contributed by atoms with Gasteiger partial charge in [-0.2, -0.15) is 5.10 Å². The van der Waals surface area contributed by atoms with Gasteiger partial charge < -0.3 is 9.80 Å². The number of rotatable bonds is 3. The minimum absolute atomic E-state index is 0.766. The Balaban J connectivity index is 1.36. The van der Waals surface area contributed by atoms with E-state index in [-0.39, 0.29) is 0 Å². The molecule has 29 heavy (non-hydrogen) atoms. The molecule has 1 fully saturated rings. The fourth-order valence-corrected chi connectivity index (χ4v) is 3.79. The molecule has 5 rings (SSSR count). The van der Waals surface area contributed by atoms with Gasteiger partial charge in [0, 0.05) is 44.9 Å². The van der Waals surface area contributed by atoms with Gasteiger partial charge in [-0.15, -0.1) is 0 Å². The highest BCUT2D eigenvalue weighted by Gasteiger charge is 2.22. The van der Waals surface area contributed by atoms with Crippen molar-refractivity contribution in [3.05, 3.63) is 54.7 Å². The van der Waals surface area contributed by atoms with Crippen molar-refractivity contribution < 1.29 is 0 Å². The van der Waals surface area contributed by atoms with E-state index in [1.807, 2.05) is 38.4 Å². The summed E-state index contributed by atoms with van der Waals surface area (Å²) < 4.78 is 1.80. The average molecular weight is 386 g/mol. The molecule has 0 atom stereocenters. The standard InChI is InChI=1S/C21H22N8/c1-15-25-20-17(13-24-27(20)2)21(26-15)29-10-8-28(9-11-29)19-12-18(22-14-23-19)16-6-4-3-5-7-16/h3-7,12-14H,8-11H2,1-2H3.